The molecule has 0 aliphatic carbocycles. The van der Waals surface area contributed by atoms with Gasteiger partial charge in [0.2, 0.25) is 5.89 Å². The number of nitrogens with one attached hydrogen (secondary N) is 1. The van der Waals surface area contributed by atoms with Gasteiger partial charge in [0, 0.05) is 20.8 Å². The molecule has 0 spiro atoms. The molecule has 1 aromatic heterocycles. The SMILES string of the molecule is Clc1ccc(Nc2nnc(Cc3c(Cl)cccc3Cl)o2)cc1. The average Bonchev–Trinajstić information content (AvgIpc) is 2.93. The Balaban J connectivity index is 1.75. The van der Waals surface area contributed by atoms with Crippen molar-refractivity contribution in [3.63, 3.8) is 0 Å². The van der Waals surface area contributed by atoms with Crippen LogP contribution in [0.25, 0.3) is 0 Å². The summed E-state index contributed by atoms with van der Waals surface area (Å²) >= 11 is 18.1. The van der Waals surface area contributed by atoms with Gasteiger partial charge >= 0.3 is 6.01 Å². The Morgan fingerprint density at radius 3 is 2.27 bits per heavy atom. The fraction of sp³-hybridized carbons (Fsp3) is 0.0667. The molecule has 0 atom stereocenters. The van der Waals surface area contributed by atoms with Crippen molar-refractivity contribution in [3.05, 3.63) is 69.0 Å². The molecule has 1 heterocycles. The van der Waals surface area contributed by atoms with Gasteiger partial charge in [0.15, 0.2) is 0 Å². The predicted octanol–water partition coefficient (Wildman–Crippen LogP) is 5.36. The number of aromatic nitrogens is 2. The topological polar surface area (TPSA) is 51.0 Å². The average molecular weight is 355 g/mol. The maximum atomic E-state index is 6.13. The summed E-state index contributed by atoms with van der Waals surface area (Å²) in [6, 6.07) is 12.8. The molecule has 4 nitrogen and oxygen atoms in total. The Hall–Kier alpha value is -1.75. The first-order valence-electron chi connectivity index (χ1n) is 6.39. The van der Waals surface area contributed by atoms with Crippen LogP contribution in [0.2, 0.25) is 15.1 Å². The van der Waals surface area contributed by atoms with E-state index in [0.717, 1.165) is 11.3 Å². The second kappa shape index (κ2) is 6.57. The van der Waals surface area contributed by atoms with Gasteiger partial charge in [-0.25, -0.2) is 0 Å². The highest BCUT2D eigenvalue weighted by molar-refractivity contribution is 6.36. The van der Waals surface area contributed by atoms with Gasteiger partial charge in [0.25, 0.3) is 0 Å². The molecule has 0 amide bonds. The first-order chi connectivity index (χ1) is 10.6. The number of nitrogens with zero attached hydrogens (tertiary/aromatic N) is 2. The summed E-state index contributed by atoms with van der Waals surface area (Å²) in [7, 11) is 0. The molecule has 0 aliphatic rings. The van der Waals surface area contributed by atoms with E-state index in [1.54, 1.807) is 30.3 Å². The smallest absolute Gasteiger partial charge is 0.320 e. The molecule has 0 saturated heterocycles. The minimum atomic E-state index is 0.292. The Morgan fingerprint density at radius 1 is 0.909 bits per heavy atom. The molecule has 0 radical (unpaired) electrons. The van der Waals surface area contributed by atoms with Crippen molar-refractivity contribution in [1.82, 2.24) is 10.2 Å². The van der Waals surface area contributed by atoms with E-state index in [9.17, 15) is 0 Å². The molecule has 112 valence electrons. The van der Waals surface area contributed by atoms with Crippen LogP contribution in [0.3, 0.4) is 0 Å². The van der Waals surface area contributed by atoms with Crippen molar-refractivity contribution in [2.75, 3.05) is 5.32 Å². The lowest BCUT2D eigenvalue weighted by molar-refractivity contribution is 0.521. The third-order valence-corrected chi connectivity index (χ3v) is 3.91. The summed E-state index contributed by atoms with van der Waals surface area (Å²) in [6.07, 6.45) is 0.369. The van der Waals surface area contributed by atoms with Gasteiger partial charge in [-0.2, -0.15) is 0 Å². The molecule has 1 N–H and O–H groups in total. The third-order valence-electron chi connectivity index (χ3n) is 2.95. The van der Waals surface area contributed by atoms with Gasteiger partial charge in [-0.05, 0) is 42.0 Å². The lowest BCUT2D eigenvalue weighted by atomic mass is 10.1. The van der Waals surface area contributed by atoms with Gasteiger partial charge in [-0.3, -0.25) is 0 Å². The molecule has 3 aromatic rings. The van der Waals surface area contributed by atoms with Crippen molar-refractivity contribution in [2.45, 2.75) is 6.42 Å². The van der Waals surface area contributed by atoms with Crippen molar-refractivity contribution in [2.24, 2.45) is 0 Å². The second-order valence-electron chi connectivity index (χ2n) is 4.51. The predicted molar refractivity (Wildman–Crippen MR) is 88.3 cm³/mol. The number of halogens is 3. The minimum Gasteiger partial charge on any atom is -0.408 e. The Bertz CT molecular complexity index is 767. The molecule has 7 heteroatoms. The third kappa shape index (κ3) is 3.53. The monoisotopic (exact) mass is 353 g/mol. The maximum absolute atomic E-state index is 6.13. The Labute approximate surface area is 142 Å². The van der Waals surface area contributed by atoms with Gasteiger partial charge in [0.1, 0.15) is 0 Å². The lowest BCUT2D eigenvalue weighted by Crippen LogP contribution is -1.91. The Morgan fingerprint density at radius 2 is 1.59 bits per heavy atom. The highest BCUT2D eigenvalue weighted by atomic mass is 35.5. The standard InChI is InChI=1S/C15H10Cl3N3O/c16-9-4-6-10(7-5-9)19-15-21-20-14(22-15)8-11-12(17)2-1-3-13(11)18/h1-7H,8H2,(H,19,21). The molecule has 0 unspecified atom stereocenters. The first-order valence-corrected chi connectivity index (χ1v) is 7.53. The highest BCUT2D eigenvalue weighted by Crippen LogP contribution is 2.27. The van der Waals surface area contributed by atoms with Gasteiger partial charge in [-0.1, -0.05) is 46.0 Å². The fourth-order valence-corrected chi connectivity index (χ4v) is 2.54. The normalized spacial score (nSPS) is 10.7. The number of rotatable bonds is 4. The number of hydrogen-bond acceptors (Lipinski definition) is 4. The molecular weight excluding hydrogens is 345 g/mol. The summed E-state index contributed by atoms with van der Waals surface area (Å²) in [5.74, 6) is 0.423. The zero-order chi connectivity index (χ0) is 15.5. The second-order valence-corrected chi connectivity index (χ2v) is 5.76. The molecule has 0 aliphatic heterocycles. The van der Waals surface area contributed by atoms with E-state index < -0.39 is 0 Å². The zero-order valence-corrected chi connectivity index (χ0v) is 13.5. The van der Waals surface area contributed by atoms with E-state index in [-0.39, 0.29) is 0 Å². The summed E-state index contributed by atoms with van der Waals surface area (Å²) in [5, 5.41) is 12.7. The largest absolute Gasteiger partial charge is 0.408 e. The van der Waals surface area contributed by atoms with Crippen LogP contribution < -0.4 is 5.32 Å². The van der Waals surface area contributed by atoms with Crippen LogP contribution in [0.15, 0.2) is 46.9 Å². The van der Waals surface area contributed by atoms with Gasteiger partial charge in [0.05, 0.1) is 6.42 Å². The van der Waals surface area contributed by atoms with Crippen molar-refractivity contribution < 1.29 is 4.42 Å². The fourth-order valence-electron chi connectivity index (χ4n) is 1.88. The van der Waals surface area contributed by atoms with Crippen molar-refractivity contribution >= 4 is 46.5 Å². The molecule has 0 fully saturated rings. The van der Waals surface area contributed by atoms with Gasteiger partial charge in [-0.15, -0.1) is 5.10 Å². The van der Waals surface area contributed by atoms with E-state index >= 15 is 0 Å². The van der Waals surface area contributed by atoms with Crippen molar-refractivity contribution in [3.8, 4) is 0 Å². The summed E-state index contributed by atoms with van der Waals surface area (Å²) in [4.78, 5) is 0. The van der Waals surface area contributed by atoms with Crippen LogP contribution in [0.5, 0.6) is 0 Å². The molecule has 22 heavy (non-hydrogen) atoms. The quantitative estimate of drug-likeness (QED) is 0.685. The molecule has 0 saturated carbocycles. The zero-order valence-electron chi connectivity index (χ0n) is 11.2. The Kier molecular flexibility index (Phi) is 4.52. The lowest BCUT2D eigenvalue weighted by Gasteiger charge is -2.03. The molecular formula is C15H10Cl3N3O. The van der Waals surface area contributed by atoms with Crippen LogP contribution >= 0.6 is 34.8 Å². The van der Waals surface area contributed by atoms with Crippen LogP contribution in [0.1, 0.15) is 11.5 Å². The summed E-state index contributed by atoms with van der Waals surface area (Å²) in [5.41, 5.74) is 1.56. The van der Waals surface area contributed by atoms with E-state index in [1.165, 1.54) is 0 Å². The van der Waals surface area contributed by atoms with Crippen LogP contribution in [-0.2, 0) is 6.42 Å². The van der Waals surface area contributed by atoms with Crippen molar-refractivity contribution in [1.29, 1.82) is 0 Å². The number of anilines is 2. The summed E-state index contributed by atoms with van der Waals surface area (Å²) in [6.45, 7) is 0. The first kappa shape index (κ1) is 15.2. The number of benzene rings is 2. The van der Waals surface area contributed by atoms with Crippen LogP contribution in [0.4, 0.5) is 11.7 Å². The van der Waals surface area contributed by atoms with Crippen LogP contribution in [-0.4, -0.2) is 10.2 Å². The summed E-state index contributed by atoms with van der Waals surface area (Å²) < 4.78 is 5.55. The van der Waals surface area contributed by atoms with E-state index in [2.05, 4.69) is 15.5 Å². The van der Waals surface area contributed by atoms with E-state index in [1.807, 2.05) is 12.1 Å². The van der Waals surface area contributed by atoms with Gasteiger partial charge < -0.3 is 9.73 Å². The highest BCUT2D eigenvalue weighted by Gasteiger charge is 2.12. The molecule has 3 rings (SSSR count). The van der Waals surface area contributed by atoms with E-state index in [0.29, 0.717) is 33.4 Å². The maximum Gasteiger partial charge on any atom is 0.320 e. The molecule has 0 bridgehead atoms. The minimum absolute atomic E-state index is 0.292. The number of hydrogen-bond donors (Lipinski definition) is 1. The van der Waals surface area contributed by atoms with Crippen LogP contribution in [0, 0.1) is 0 Å². The molecule has 2 aromatic carbocycles. The van der Waals surface area contributed by atoms with E-state index in [4.69, 9.17) is 39.2 Å².